The van der Waals surface area contributed by atoms with Gasteiger partial charge in [-0.15, -0.1) is 11.3 Å². The highest BCUT2D eigenvalue weighted by molar-refractivity contribution is 7.26. The third kappa shape index (κ3) is 5.12. The number of nitrogens with zero attached hydrogens (tertiary/aromatic N) is 2. The summed E-state index contributed by atoms with van der Waals surface area (Å²) < 4.78 is 11.5. The molecule has 272 valence electrons. The number of anilines is 3. The molecule has 0 radical (unpaired) electrons. The molecule has 0 spiro atoms. The normalized spacial score (nSPS) is 11.8. The van der Waals surface area contributed by atoms with Crippen molar-refractivity contribution in [2.45, 2.75) is 0 Å². The summed E-state index contributed by atoms with van der Waals surface area (Å²) in [6, 6.07) is 74.3. The smallest absolute Gasteiger partial charge is 0.145 e. The van der Waals surface area contributed by atoms with E-state index < -0.39 is 0 Å². The SMILES string of the molecule is c1ccc(-c2ccc(N(c3ccc(-c4ccc(-n5c6ccccc6c6c7oc8ccccc8c7ccc65)cc4)cc3)c3cccc4c3sc3ccccc34)cc2)cc1. The van der Waals surface area contributed by atoms with Gasteiger partial charge in [0.15, 0.2) is 0 Å². The molecule has 58 heavy (non-hydrogen) atoms. The Kier molecular flexibility index (Phi) is 7.40. The largest absolute Gasteiger partial charge is 0.455 e. The lowest BCUT2D eigenvalue weighted by atomic mass is 10.0. The lowest BCUT2D eigenvalue weighted by molar-refractivity contribution is 0.673. The maximum Gasteiger partial charge on any atom is 0.145 e. The maximum absolute atomic E-state index is 6.52. The number of aromatic nitrogens is 1. The molecule has 0 saturated heterocycles. The van der Waals surface area contributed by atoms with Crippen LogP contribution >= 0.6 is 11.3 Å². The quantitative estimate of drug-likeness (QED) is 0.168. The number of benzene rings is 9. The third-order valence-corrected chi connectivity index (χ3v) is 12.8. The highest BCUT2D eigenvalue weighted by Crippen LogP contribution is 2.46. The first-order valence-corrected chi connectivity index (χ1v) is 20.5. The molecule has 0 unspecified atom stereocenters. The molecule has 0 aliphatic rings. The summed E-state index contributed by atoms with van der Waals surface area (Å²) in [6.07, 6.45) is 0. The van der Waals surface area contributed by atoms with Crippen LogP contribution in [-0.4, -0.2) is 4.57 Å². The predicted molar refractivity (Wildman–Crippen MR) is 247 cm³/mol. The first kappa shape index (κ1) is 32.8. The van der Waals surface area contributed by atoms with E-state index in [0.29, 0.717) is 0 Å². The number of rotatable bonds is 6. The Morgan fingerprint density at radius 2 is 0.983 bits per heavy atom. The second-order valence-electron chi connectivity index (χ2n) is 14.9. The van der Waals surface area contributed by atoms with Crippen LogP contribution in [0.15, 0.2) is 211 Å². The molecule has 0 atom stereocenters. The number of furan rings is 1. The van der Waals surface area contributed by atoms with Crippen molar-refractivity contribution in [1.82, 2.24) is 4.57 Å². The maximum atomic E-state index is 6.52. The van der Waals surface area contributed by atoms with Crippen LogP contribution < -0.4 is 4.90 Å². The van der Waals surface area contributed by atoms with Gasteiger partial charge in [0.1, 0.15) is 11.2 Å². The fraction of sp³-hybridized carbons (Fsp3) is 0. The van der Waals surface area contributed by atoms with Gasteiger partial charge in [-0.2, -0.15) is 0 Å². The van der Waals surface area contributed by atoms with Gasteiger partial charge >= 0.3 is 0 Å². The first-order chi connectivity index (χ1) is 28.8. The standard InChI is InChI=1S/C54H34N2OS/c1-2-11-35(12-3-1)36-21-27-39(28-22-36)55(49-18-10-16-45-43-14-6-9-20-51(43)58-54(45)49)40-29-23-37(24-30-40)38-25-31-41(32-26-38)56-47-17-7-4-15-46(47)52-48(56)34-33-44-42-13-5-8-19-50(42)57-53(44)52/h1-34H. The van der Waals surface area contributed by atoms with Gasteiger partial charge < -0.3 is 13.9 Å². The van der Waals surface area contributed by atoms with Gasteiger partial charge in [-0.3, -0.25) is 0 Å². The van der Waals surface area contributed by atoms with E-state index in [-0.39, 0.29) is 0 Å². The number of fused-ring (bicyclic) bond motifs is 10. The van der Waals surface area contributed by atoms with E-state index in [1.54, 1.807) is 0 Å². The summed E-state index contributed by atoms with van der Waals surface area (Å²) in [5, 5.41) is 7.21. The summed E-state index contributed by atoms with van der Waals surface area (Å²) in [6.45, 7) is 0. The summed E-state index contributed by atoms with van der Waals surface area (Å²) >= 11 is 1.86. The lowest BCUT2D eigenvalue weighted by Crippen LogP contribution is -2.10. The van der Waals surface area contributed by atoms with Crippen LogP contribution in [0.5, 0.6) is 0 Å². The van der Waals surface area contributed by atoms with Gasteiger partial charge in [-0.25, -0.2) is 0 Å². The molecule has 3 aromatic heterocycles. The minimum Gasteiger partial charge on any atom is -0.455 e. The van der Waals surface area contributed by atoms with E-state index in [2.05, 4.69) is 210 Å². The lowest BCUT2D eigenvalue weighted by Gasteiger charge is -2.26. The molecular formula is C54H34N2OS. The zero-order chi connectivity index (χ0) is 38.2. The van der Waals surface area contributed by atoms with Crippen LogP contribution in [0.2, 0.25) is 0 Å². The Morgan fingerprint density at radius 3 is 1.72 bits per heavy atom. The van der Waals surface area contributed by atoms with Crippen molar-refractivity contribution >= 4 is 92.3 Å². The fourth-order valence-corrected chi connectivity index (χ4v) is 10.1. The molecular weight excluding hydrogens is 725 g/mol. The molecule has 0 N–H and O–H groups in total. The molecule has 9 aromatic carbocycles. The third-order valence-electron chi connectivity index (χ3n) is 11.6. The average Bonchev–Trinajstić information content (AvgIpc) is 3.97. The minimum absolute atomic E-state index is 0.915. The molecule has 12 rings (SSSR count). The van der Waals surface area contributed by atoms with E-state index in [4.69, 9.17) is 4.42 Å². The Hall–Kier alpha value is -7.40. The molecule has 3 heterocycles. The van der Waals surface area contributed by atoms with E-state index >= 15 is 0 Å². The van der Waals surface area contributed by atoms with E-state index in [9.17, 15) is 0 Å². The van der Waals surface area contributed by atoms with E-state index in [0.717, 1.165) is 55.4 Å². The Balaban J connectivity index is 0.937. The van der Waals surface area contributed by atoms with Crippen LogP contribution in [0.1, 0.15) is 0 Å². The molecule has 0 saturated carbocycles. The topological polar surface area (TPSA) is 21.3 Å². The molecule has 3 nitrogen and oxygen atoms in total. The summed E-state index contributed by atoms with van der Waals surface area (Å²) in [5.41, 5.74) is 13.4. The van der Waals surface area contributed by atoms with Gasteiger partial charge in [0.05, 0.1) is 26.8 Å². The molecule has 0 bridgehead atoms. The van der Waals surface area contributed by atoms with Crippen molar-refractivity contribution in [3.63, 3.8) is 0 Å². The number of hydrogen-bond acceptors (Lipinski definition) is 3. The molecule has 0 aliphatic heterocycles. The van der Waals surface area contributed by atoms with Crippen molar-refractivity contribution in [1.29, 1.82) is 0 Å². The Morgan fingerprint density at radius 1 is 0.397 bits per heavy atom. The van der Waals surface area contributed by atoms with Gasteiger partial charge in [0.2, 0.25) is 0 Å². The van der Waals surface area contributed by atoms with Crippen molar-refractivity contribution in [3.8, 4) is 27.9 Å². The van der Waals surface area contributed by atoms with Gasteiger partial charge in [0, 0.05) is 48.7 Å². The van der Waals surface area contributed by atoms with Gasteiger partial charge in [-0.05, 0) is 95.1 Å². The summed E-state index contributed by atoms with van der Waals surface area (Å²) in [4.78, 5) is 2.40. The summed E-state index contributed by atoms with van der Waals surface area (Å²) in [5.74, 6) is 0. The van der Waals surface area contributed by atoms with Crippen molar-refractivity contribution in [2.24, 2.45) is 0 Å². The zero-order valence-corrected chi connectivity index (χ0v) is 32.2. The Labute approximate surface area is 338 Å². The molecule has 0 fully saturated rings. The van der Waals surface area contributed by atoms with E-state index in [1.165, 1.54) is 53.5 Å². The molecule has 4 heteroatoms. The second kappa shape index (κ2) is 13.1. The molecule has 12 aromatic rings. The van der Waals surface area contributed by atoms with Crippen LogP contribution in [0, 0.1) is 0 Å². The van der Waals surface area contributed by atoms with Gasteiger partial charge in [-0.1, -0.05) is 133 Å². The molecule has 0 aliphatic carbocycles. The Bertz CT molecular complexity index is 3480. The van der Waals surface area contributed by atoms with Crippen molar-refractivity contribution < 1.29 is 4.42 Å². The summed E-state index contributed by atoms with van der Waals surface area (Å²) in [7, 11) is 0. The van der Waals surface area contributed by atoms with Crippen molar-refractivity contribution in [2.75, 3.05) is 4.90 Å². The minimum atomic E-state index is 0.915. The highest BCUT2D eigenvalue weighted by Gasteiger charge is 2.20. The van der Waals surface area contributed by atoms with Crippen LogP contribution in [0.25, 0.3) is 91.9 Å². The first-order valence-electron chi connectivity index (χ1n) is 19.7. The van der Waals surface area contributed by atoms with Crippen LogP contribution in [0.3, 0.4) is 0 Å². The van der Waals surface area contributed by atoms with Crippen LogP contribution in [-0.2, 0) is 0 Å². The monoisotopic (exact) mass is 758 g/mol. The highest BCUT2D eigenvalue weighted by atomic mass is 32.1. The average molecular weight is 759 g/mol. The van der Waals surface area contributed by atoms with Crippen LogP contribution in [0.4, 0.5) is 17.1 Å². The number of thiophene rings is 1. The second-order valence-corrected chi connectivity index (χ2v) is 15.9. The zero-order valence-electron chi connectivity index (χ0n) is 31.3. The van der Waals surface area contributed by atoms with Crippen molar-refractivity contribution in [3.05, 3.63) is 206 Å². The molecule has 0 amide bonds. The predicted octanol–water partition coefficient (Wildman–Crippen LogP) is 15.9. The fourth-order valence-electron chi connectivity index (χ4n) is 8.89. The number of hydrogen-bond donors (Lipinski definition) is 0. The number of para-hydroxylation sites is 2. The van der Waals surface area contributed by atoms with Gasteiger partial charge in [0.25, 0.3) is 0 Å². The van der Waals surface area contributed by atoms with E-state index in [1.807, 2.05) is 17.4 Å².